The molecule has 0 radical (unpaired) electrons. The molecule has 0 unspecified atom stereocenters. The van der Waals surface area contributed by atoms with Crippen LogP contribution >= 0.6 is 0 Å². The third-order valence-corrected chi connectivity index (χ3v) is 6.53. The highest BCUT2D eigenvalue weighted by Crippen LogP contribution is 2.26. The molecular weight excluding hydrogens is 412 g/mol. The number of carbonyl (C=O) groups excluding carboxylic acids is 2. The van der Waals surface area contributed by atoms with E-state index < -0.39 is 20.5 Å². The Morgan fingerprint density at radius 3 is 1.97 bits per heavy atom. The van der Waals surface area contributed by atoms with Crippen molar-refractivity contribution in [2.45, 2.75) is 52.4 Å². The van der Waals surface area contributed by atoms with E-state index in [9.17, 15) is 9.59 Å². The van der Waals surface area contributed by atoms with Crippen LogP contribution in [0.3, 0.4) is 0 Å². The highest BCUT2D eigenvalue weighted by molar-refractivity contribution is 6.70. The minimum absolute atomic E-state index is 0.126. The maximum atomic E-state index is 12.2. The molecular formula is C23H32N2O5Si. The minimum Gasteiger partial charge on any atom is -0.412 e. The molecule has 0 aliphatic heterocycles. The largest absolute Gasteiger partial charge is 0.414 e. The molecule has 0 spiro atoms. The van der Waals surface area contributed by atoms with Crippen molar-refractivity contribution >= 4 is 20.5 Å². The highest BCUT2D eigenvalue weighted by Gasteiger charge is 2.30. The van der Waals surface area contributed by atoms with E-state index >= 15 is 0 Å². The zero-order valence-electron chi connectivity index (χ0n) is 19.1. The van der Waals surface area contributed by atoms with Crippen molar-refractivity contribution in [1.29, 1.82) is 0 Å². The van der Waals surface area contributed by atoms with Crippen LogP contribution in [-0.2, 0) is 10.5 Å². The second-order valence-electron chi connectivity index (χ2n) is 8.83. The number of hydrogen-bond acceptors (Lipinski definition) is 5. The number of hydrogen-bond donors (Lipinski definition) is 2. The topological polar surface area (TPSA) is 85.9 Å². The van der Waals surface area contributed by atoms with Gasteiger partial charge in [0.2, 0.25) is 0 Å². The van der Waals surface area contributed by atoms with E-state index in [0.717, 1.165) is 11.1 Å². The van der Waals surface area contributed by atoms with Gasteiger partial charge in [-0.3, -0.25) is 0 Å². The molecule has 2 amide bonds. The summed E-state index contributed by atoms with van der Waals surface area (Å²) in [5.74, 6) is 0.932. The Bertz CT molecular complexity index is 909. The lowest BCUT2D eigenvalue weighted by molar-refractivity contribution is 0.119. The molecule has 0 atom stereocenters. The number of aryl methyl sites for hydroxylation is 1. The molecule has 0 aliphatic carbocycles. The molecule has 2 aromatic rings. The van der Waals surface area contributed by atoms with Crippen molar-refractivity contribution in [3.05, 3.63) is 59.7 Å². The molecule has 2 rings (SSSR count). The summed E-state index contributed by atoms with van der Waals surface area (Å²) in [4.78, 5) is 24.1. The first-order chi connectivity index (χ1) is 14.5. The van der Waals surface area contributed by atoms with E-state index in [2.05, 4.69) is 23.7 Å². The fourth-order valence-corrected chi connectivity index (χ4v) is 6.14. The van der Waals surface area contributed by atoms with Gasteiger partial charge in [0.15, 0.2) is 8.32 Å². The number of amides is 2. The fourth-order valence-electron chi connectivity index (χ4n) is 3.20. The monoisotopic (exact) mass is 444 g/mol. The molecule has 168 valence electrons. The van der Waals surface area contributed by atoms with Gasteiger partial charge in [0.25, 0.3) is 0 Å². The second-order valence-corrected chi connectivity index (χ2v) is 12.9. The number of benzene rings is 2. The van der Waals surface area contributed by atoms with E-state index in [1.165, 1.54) is 0 Å². The summed E-state index contributed by atoms with van der Waals surface area (Å²) in [6, 6.07) is 15.3. The summed E-state index contributed by atoms with van der Waals surface area (Å²) in [6.45, 7) is 12.1. The molecule has 0 fully saturated rings. The van der Waals surface area contributed by atoms with Gasteiger partial charge >= 0.3 is 12.2 Å². The van der Waals surface area contributed by atoms with E-state index in [4.69, 9.17) is 13.9 Å². The van der Waals surface area contributed by atoms with Gasteiger partial charge in [0, 0.05) is 5.60 Å². The highest BCUT2D eigenvalue weighted by atomic mass is 28.4. The quantitative estimate of drug-likeness (QED) is 0.467. The van der Waals surface area contributed by atoms with Crippen LogP contribution < -0.4 is 20.1 Å². The molecule has 0 bridgehead atoms. The zero-order valence-corrected chi connectivity index (χ0v) is 20.1. The van der Waals surface area contributed by atoms with Crippen molar-refractivity contribution in [2.75, 3.05) is 6.67 Å². The summed E-state index contributed by atoms with van der Waals surface area (Å²) >= 11 is 0. The predicted octanol–water partition coefficient (Wildman–Crippen LogP) is 4.93. The smallest absolute Gasteiger partial charge is 0.412 e. The summed E-state index contributed by atoms with van der Waals surface area (Å²) < 4.78 is 16.9. The van der Waals surface area contributed by atoms with Crippen molar-refractivity contribution < 1.29 is 23.5 Å². The molecule has 2 N–H and O–H groups in total. The van der Waals surface area contributed by atoms with Gasteiger partial charge in [-0.15, -0.1) is 0 Å². The fraction of sp³-hybridized carbons (Fsp3) is 0.391. The van der Waals surface area contributed by atoms with Crippen LogP contribution in [0.1, 0.15) is 31.9 Å². The first-order valence-corrected chi connectivity index (χ1v) is 13.3. The van der Waals surface area contributed by atoms with Gasteiger partial charge in [0.05, 0.1) is 6.67 Å². The first kappa shape index (κ1) is 24.4. The number of carbonyl (C=O) groups is 2. The molecule has 31 heavy (non-hydrogen) atoms. The van der Waals surface area contributed by atoms with E-state index in [1.54, 1.807) is 18.2 Å². The lowest BCUT2D eigenvalue weighted by Gasteiger charge is -2.32. The molecule has 7 nitrogen and oxygen atoms in total. The standard InChI is InChI=1S/C23H32N2O5Si/c1-17-11-7-9-13-19(17)28-21(26)24-16-25-22(27)29-20-14-10-8-12-18(20)15-31(5,6)30-23(2,3)4/h7-14H,15-16H2,1-6H3,(H,24,26)(H,25,27). The van der Waals surface area contributed by atoms with Gasteiger partial charge in [-0.1, -0.05) is 36.4 Å². The Kier molecular flexibility index (Phi) is 8.24. The van der Waals surface area contributed by atoms with Crippen molar-refractivity contribution in [3.63, 3.8) is 0 Å². The predicted molar refractivity (Wildman–Crippen MR) is 123 cm³/mol. The van der Waals surface area contributed by atoms with E-state index in [1.807, 2.05) is 58.0 Å². The van der Waals surface area contributed by atoms with E-state index in [0.29, 0.717) is 17.5 Å². The molecule has 0 heterocycles. The van der Waals surface area contributed by atoms with Gasteiger partial charge in [0.1, 0.15) is 11.5 Å². The molecule has 8 heteroatoms. The van der Waals surface area contributed by atoms with Crippen LogP contribution in [0, 0.1) is 6.92 Å². The Labute approximate surface area is 185 Å². The number of ether oxygens (including phenoxy) is 2. The number of para-hydroxylation sites is 2. The molecule has 0 saturated heterocycles. The third kappa shape index (κ3) is 8.81. The second kappa shape index (κ2) is 10.5. The van der Waals surface area contributed by atoms with Gasteiger partial charge in [-0.25, -0.2) is 9.59 Å². The zero-order chi connectivity index (χ0) is 23.1. The molecule has 0 aromatic heterocycles. The van der Waals surface area contributed by atoms with Crippen molar-refractivity contribution in [3.8, 4) is 11.5 Å². The van der Waals surface area contributed by atoms with Crippen LogP contribution in [0.15, 0.2) is 48.5 Å². The van der Waals surface area contributed by atoms with Gasteiger partial charge in [-0.05, 0) is 70.1 Å². The van der Waals surface area contributed by atoms with Gasteiger partial charge < -0.3 is 24.5 Å². The number of rotatable bonds is 7. The normalized spacial score (nSPS) is 11.5. The SMILES string of the molecule is Cc1ccccc1OC(=O)NCNC(=O)Oc1ccccc1C[Si](C)(C)OC(C)(C)C. The average molecular weight is 445 g/mol. The van der Waals surface area contributed by atoms with Crippen LogP contribution in [0.2, 0.25) is 13.1 Å². The molecule has 2 aromatic carbocycles. The average Bonchev–Trinajstić information content (AvgIpc) is 2.63. The summed E-state index contributed by atoms with van der Waals surface area (Å²) in [5.41, 5.74) is 1.51. The summed E-state index contributed by atoms with van der Waals surface area (Å²) in [6.07, 6.45) is -1.33. The molecule has 0 aliphatic rings. The third-order valence-electron chi connectivity index (χ3n) is 4.14. The van der Waals surface area contributed by atoms with E-state index in [-0.39, 0.29) is 12.3 Å². The summed E-state index contributed by atoms with van der Waals surface area (Å²) in [5, 5.41) is 4.97. The minimum atomic E-state index is -2.03. The van der Waals surface area contributed by atoms with Crippen molar-refractivity contribution in [1.82, 2.24) is 10.6 Å². The van der Waals surface area contributed by atoms with Crippen molar-refractivity contribution in [2.24, 2.45) is 0 Å². The van der Waals surface area contributed by atoms with Crippen LogP contribution in [0.25, 0.3) is 0 Å². The maximum absolute atomic E-state index is 12.2. The molecule has 0 saturated carbocycles. The van der Waals surface area contributed by atoms with Crippen LogP contribution in [-0.4, -0.2) is 32.8 Å². The first-order valence-electron chi connectivity index (χ1n) is 10.2. The van der Waals surface area contributed by atoms with Crippen LogP contribution in [0.4, 0.5) is 9.59 Å². The lowest BCUT2D eigenvalue weighted by atomic mass is 10.2. The number of nitrogens with one attached hydrogen (secondary N) is 2. The lowest BCUT2D eigenvalue weighted by Crippen LogP contribution is -2.42. The Hall–Kier alpha value is -2.84. The Balaban J connectivity index is 1.87. The Morgan fingerprint density at radius 1 is 0.871 bits per heavy atom. The Morgan fingerprint density at radius 2 is 1.39 bits per heavy atom. The van der Waals surface area contributed by atoms with Gasteiger partial charge in [-0.2, -0.15) is 0 Å². The summed E-state index contributed by atoms with van der Waals surface area (Å²) in [7, 11) is -2.03. The van der Waals surface area contributed by atoms with Crippen LogP contribution in [0.5, 0.6) is 11.5 Å². The maximum Gasteiger partial charge on any atom is 0.414 e.